The Morgan fingerprint density at radius 3 is 2.63 bits per heavy atom. The average Bonchev–Trinajstić information content (AvgIpc) is 2.46. The van der Waals surface area contributed by atoms with Gasteiger partial charge in [-0.15, -0.1) is 0 Å². The molecule has 1 aliphatic rings. The molecule has 0 saturated heterocycles. The summed E-state index contributed by atoms with van der Waals surface area (Å²) in [6.45, 7) is 3.20. The molecule has 2 nitrogen and oxygen atoms in total. The summed E-state index contributed by atoms with van der Waals surface area (Å²) in [5.74, 6) is 1.67. The molecule has 1 atom stereocenters. The summed E-state index contributed by atoms with van der Waals surface area (Å²) in [6, 6.07) is 6.80. The van der Waals surface area contributed by atoms with E-state index in [1.165, 1.54) is 37.7 Å². The summed E-state index contributed by atoms with van der Waals surface area (Å²) >= 11 is 3.71. The molecule has 1 aromatic carbocycles. The van der Waals surface area contributed by atoms with Gasteiger partial charge in [0.05, 0.1) is 7.11 Å². The maximum absolute atomic E-state index is 5.28. The number of nitrogens with one attached hydrogen (secondary N) is 1. The predicted octanol–water partition coefficient (Wildman–Crippen LogP) is 4.69. The van der Waals surface area contributed by atoms with E-state index in [0.29, 0.717) is 6.04 Å². The third-order valence-electron chi connectivity index (χ3n) is 4.09. The van der Waals surface area contributed by atoms with E-state index in [-0.39, 0.29) is 0 Å². The summed E-state index contributed by atoms with van der Waals surface area (Å²) in [6.07, 6.45) is 6.84. The highest BCUT2D eigenvalue weighted by atomic mass is 79.9. The summed E-state index contributed by atoms with van der Waals surface area (Å²) in [7, 11) is 1.71. The van der Waals surface area contributed by atoms with Crippen LogP contribution in [0.25, 0.3) is 0 Å². The van der Waals surface area contributed by atoms with Crippen LogP contribution in [0, 0.1) is 5.92 Å². The number of ether oxygens (including phenoxy) is 1. The van der Waals surface area contributed by atoms with Gasteiger partial charge in [0, 0.05) is 10.5 Å². The lowest BCUT2D eigenvalue weighted by molar-refractivity contribution is 0.273. The van der Waals surface area contributed by atoms with Crippen LogP contribution in [0.4, 0.5) is 0 Å². The van der Waals surface area contributed by atoms with Crippen molar-refractivity contribution in [1.29, 1.82) is 0 Å². The van der Waals surface area contributed by atoms with Gasteiger partial charge in [-0.2, -0.15) is 0 Å². The Bertz CT molecular complexity index is 402. The van der Waals surface area contributed by atoms with Crippen LogP contribution in [-0.2, 0) is 0 Å². The van der Waals surface area contributed by atoms with Gasteiger partial charge in [0.2, 0.25) is 0 Å². The van der Waals surface area contributed by atoms with Crippen LogP contribution in [-0.4, -0.2) is 13.7 Å². The maximum atomic E-state index is 5.28. The Morgan fingerprint density at radius 1 is 1.32 bits per heavy atom. The van der Waals surface area contributed by atoms with Crippen LogP contribution in [0.2, 0.25) is 0 Å². The minimum Gasteiger partial charge on any atom is -0.497 e. The van der Waals surface area contributed by atoms with Crippen molar-refractivity contribution in [1.82, 2.24) is 5.32 Å². The van der Waals surface area contributed by atoms with Gasteiger partial charge in [0.25, 0.3) is 0 Å². The van der Waals surface area contributed by atoms with Crippen molar-refractivity contribution in [3.63, 3.8) is 0 Å². The maximum Gasteiger partial charge on any atom is 0.120 e. The zero-order valence-electron chi connectivity index (χ0n) is 11.9. The van der Waals surface area contributed by atoms with Gasteiger partial charge in [-0.3, -0.25) is 0 Å². The number of benzene rings is 1. The molecule has 0 amide bonds. The molecule has 0 aliphatic heterocycles. The van der Waals surface area contributed by atoms with E-state index in [1.54, 1.807) is 7.11 Å². The molecular weight excluding hydrogens is 302 g/mol. The van der Waals surface area contributed by atoms with Gasteiger partial charge in [0.1, 0.15) is 5.75 Å². The third kappa shape index (κ3) is 3.73. The number of rotatable bonds is 5. The Kier molecular flexibility index (Phi) is 5.71. The fourth-order valence-corrected chi connectivity index (χ4v) is 3.71. The first kappa shape index (κ1) is 14.9. The number of methoxy groups -OCH3 is 1. The minimum atomic E-state index is 0.464. The molecule has 0 heterocycles. The van der Waals surface area contributed by atoms with Crippen LogP contribution < -0.4 is 10.1 Å². The van der Waals surface area contributed by atoms with Crippen molar-refractivity contribution in [2.45, 2.75) is 45.1 Å². The monoisotopic (exact) mass is 325 g/mol. The quantitative estimate of drug-likeness (QED) is 0.848. The van der Waals surface area contributed by atoms with Gasteiger partial charge < -0.3 is 10.1 Å². The summed E-state index contributed by atoms with van der Waals surface area (Å²) < 4.78 is 6.44. The Balaban J connectivity index is 2.22. The largest absolute Gasteiger partial charge is 0.497 e. The summed E-state index contributed by atoms with van der Waals surface area (Å²) in [5, 5.41) is 3.68. The van der Waals surface area contributed by atoms with Crippen molar-refractivity contribution in [2.75, 3.05) is 13.7 Å². The van der Waals surface area contributed by atoms with E-state index in [1.807, 2.05) is 0 Å². The van der Waals surface area contributed by atoms with E-state index in [4.69, 9.17) is 4.74 Å². The lowest BCUT2D eigenvalue weighted by Crippen LogP contribution is -2.29. The normalized spacial score (nSPS) is 18.3. The van der Waals surface area contributed by atoms with Gasteiger partial charge >= 0.3 is 0 Å². The first-order valence-corrected chi connectivity index (χ1v) is 8.12. The Labute approximate surface area is 125 Å². The second kappa shape index (κ2) is 7.30. The van der Waals surface area contributed by atoms with Crippen LogP contribution >= 0.6 is 15.9 Å². The smallest absolute Gasteiger partial charge is 0.120 e. The van der Waals surface area contributed by atoms with Crippen LogP contribution in [0.3, 0.4) is 0 Å². The average molecular weight is 326 g/mol. The second-order valence-corrected chi connectivity index (χ2v) is 6.18. The highest BCUT2D eigenvalue weighted by molar-refractivity contribution is 9.10. The van der Waals surface area contributed by atoms with Crippen molar-refractivity contribution < 1.29 is 4.74 Å². The lowest BCUT2D eigenvalue weighted by Gasteiger charge is -2.32. The van der Waals surface area contributed by atoms with Gasteiger partial charge in [-0.1, -0.05) is 48.2 Å². The zero-order valence-corrected chi connectivity index (χ0v) is 13.5. The van der Waals surface area contributed by atoms with Gasteiger partial charge in [0.15, 0.2) is 0 Å². The molecule has 0 spiro atoms. The molecule has 3 heteroatoms. The zero-order chi connectivity index (χ0) is 13.7. The predicted molar refractivity (Wildman–Crippen MR) is 83.7 cm³/mol. The molecule has 2 rings (SSSR count). The third-order valence-corrected chi connectivity index (χ3v) is 4.77. The van der Waals surface area contributed by atoms with E-state index in [9.17, 15) is 0 Å². The molecule has 1 aromatic rings. The summed E-state index contributed by atoms with van der Waals surface area (Å²) in [4.78, 5) is 0. The summed E-state index contributed by atoms with van der Waals surface area (Å²) in [5.41, 5.74) is 1.37. The fraction of sp³-hybridized carbons (Fsp3) is 0.625. The van der Waals surface area contributed by atoms with Crippen LogP contribution in [0.5, 0.6) is 5.75 Å². The van der Waals surface area contributed by atoms with Crippen LogP contribution in [0.1, 0.15) is 50.6 Å². The second-order valence-electron chi connectivity index (χ2n) is 5.32. The van der Waals surface area contributed by atoms with E-state index < -0.39 is 0 Å². The van der Waals surface area contributed by atoms with Gasteiger partial charge in [-0.25, -0.2) is 0 Å². The van der Waals surface area contributed by atoms with E-state index >= 15 is 0 Å². The first-order chi connectivity index (χ1) is 9.26. The molecular formula is C16H24BrNO. The van der Waals surface area contributed by atoms with E-state index in [2.05, 4.69) is 46.4 Å². The Hall–Kier alpha value is -0.540. The highest BCUT2D eigenvalue weighted by Gasteiger charge is 2.25. The Morgan fingerprint density at radius 2 is 2.05 bits per heavy atom. The molecule has 19 heavy (non-hydrogen) atoms. The van der Waals surface area contributed by atoms with Gasteiger partial charge in [-0.05, 0) is 43.0 Å². The standard InChI is InChI=1S/C16H24BrNO/c1-3-18-16(12-7-5-4-6-8-12)14-10-9-13(19-2)11-15(14)17/h9-12,16,18H,3-8H2,1-2H3. The molecule has 0 radical (unpaired) electrons. The molecule has 1 aliphatic carbocycles. The van der Waals surface area contributed by atoms with Crippen molar-refractivity contribution in [3.8, 4) is 5.75 Å². The van der Waals surface area contributed by atoms with Crippen LogP contribution in [0.15, 0.2) is 22.7 Å². The number of hydrogen-bond acceptors (Lipinski definition) is 2. The first-order valence-electron chi connectivity index (χ1n) is 7.33. The van der Waals surface area contributed by atoms with Crippen molar-refractivity contribution in [3.05, 3.63) is 28.2 Å². The van der Waals surface area contributed by atoms with Crippen molar-refractivity contribution in [2.24, 2.45) is 5.92 Å². The van der Waals surface area contributed by atoms with Crippen molar-refractivity contribution >= 4 is 15.9 Å². The molecule has 1 unspecified atom stereocenters. The molecule has 0 bridgehead atoms. The molecule has 1 N–H and O–H groups in total. The molecule has 0 aromatic heterocycles. The highest BCUT2D eigenvalue weighted by Crippen LogP contribution is 2.38. The SMILES string of the molecule is CCNC(c1ccc(OC)cc1Br)C1CCCCC1. The molecule has 1 saturated carbocycles. The number of hydrogen-bond donors (Lipinski definition) is 1. The molecule has 1 fully saturated rings. The number of halogens is 1. The topological polar surface area (TPSA) is 21.3 Å². The molecule has 106 valence electrons. The van der Waals surface area contributed by atoms with E-state index in [0.717, 1.165) is 22.7 Å². The minimum absolute atomic E-state index is 0.464. The fourth-order valence-electron chi connectivity index (χ4n) is 3.11. The lowest BCUT2D eigenvalue weighted by atomic mass is 9.81.